The van der Waals surface area contributed by atoms with Crippen molar-refractivity contribution in [1.82, 2.24) is 0 Å². The molecule has 0 aliphatic heterocycles. The van der Waals surface area contributed by atoms with Crippen LogP contribution in [0.1, 0.15) is 26.7 Å². The molecule has 5 heteroatoms. The summed E-state index contributed by atoms with van der Waals surface area (Å²) in [6, 6.07) is 18.0. The van der Waals surface area contributed by atoms with Gasteiger partial charge in [-0.2, -0.15) is 11.5 Å². The average Bonchev–Trinajstić information content (AvgIpc) is 2.69. The Morgan fingerprint density at radius 3 is 1.07 bits per heavy atom. The van der Waals surface area contributed by atoms with E-state index >= 15 is 0 Å². The Morgan fingerprint density at radius 1 is 0.630 bits per heavy atom. The molecule has 0 radical (unpaired) electrons. The molecule has 0 aliphatic carbocycles. The Balaban J connectivity index is 0.000000718. The van der Waals surface area contributed by atoms with Gasteiger partial charge in [0.25, 0.3) is 0 Å². The summed E-state index contributed by atoms with van der Waals surface area (Å²) in [5.41, 5.74) is 2.54. The standard InChI is InChI=1S/2C8H10N.2C3H8S.Sn/c2*1-9(2)8-6-4-3-5-7-8;2*1-2-3-4;/h2*4-7H,1-2H3;2*4H,2-3H2,1H3;/q;;;;+2/p-2. The Morgan fingerprint density at radius 2 is 0.889 bits per heavy atom. The van der Waals surface area contributed by atoms with Crippen LogP contribution >= 0.6 is 0 Å². The number of anilines is 2. The Bertz CT molecular complexity index is 527. The third kappa shape index (κ3) is 12.6. The van der Waals surface area contributed by atoms with Gasteiger partial charge in [-0.05, 0) is 0 Å². The van der Waals surface area contributed by atoms with Crippen LogP contribution < -0.4 is 17.0 Å². The van der Waals surface area contributed by atoms with E-state index in [1.807, 2.05) is 0 Å². The van der Waals surface area contributed by atoms with Crippen LogP contribution in [0.25, 0.3) is 0 Å². The normalized spacial score (nSPS) is 9.19. The van der Waals surface area contributed by atoms with Crippen LogP contribution in [0.2, 0.25) is 0 Å². The third-order valence-corrected chi connectivity index (χ3v) is 7.83. The van der Waals surface area contributed by atoms with E-state index in [-0.39, 0.29) is 0 Å². The van der Waals surface area contributed by atoms with Gasteiger partial charge in [-0.1, -0.05) is 26.7 Å². The Kier molecular flexibility index (Phi) is 16.2. The van der Waals surface area contributed by atoms with E-state index in [1.54, 1.807) is 0 Å². The van der Waals surface area contributed by atoms with Gasteiger partial charge >= 0.3 is 126 Å². The predicted octanol–water partition coefficient (Wildman–Crippen LogP) is 3.36. The van der Waals surface area contributed by atoms with E-state index in [1.165, 1.54) is 18.5 Å². The molecule has 0 spiro atoms. The zero-order valence-corrected chi connectivity index (χ0v) is 22.1. The molecule has 2 nitrogen and oxygen atoms in total. The molecule has 0 saturated carbocycles. The van der Waals surface area contributed by atoms with Crippen molar-refractivity contribution < 1.29 is 0 Å². The topological polar surface area (TPSA) is 6.48 Å². The maximum atomic E-state index is 4.55. The quantitative estimate of drug-likeness (QED) is 0.435. The van der Waals surface area contributed by atoms with Crippen LogP contribution in [-0.4, -0.2) is 60.8 Å². The summed E-state index contributed by atoms with van der Waals surface area (Å²) in [6.07, 6.45) is 2.27. The molecule has 2 aromatic carbocycles. The van der Waals surface area contributed by atoms with Crippen molar-refractivity contribution in [3.63, 3.8) is 0 Å². The molecule has 27 heavy (non-hydrogen) atoms. The fourth-order valence-corrected chi connectivity index (χ4v) is 4.71. The van der Waals surface area contributed by atoms with Crippen molar-refractivity contribution in [2.45, 2.75) is 26.7 Å². The molecule has 0 N–H and O–H groups in total. The second-order valence-electron chi connectivity index (χ2n) is 6.42. The molecule has 0 amide bonds. The SMILES string of the molecule is CCC[S-].CCC[S-].CN(C)c1cc[c]([Sn+2][c]2ccc(N(C)C)cc2)cc1. The first kappa shape index (κ1) is 26.5. The summed E-state index contributed by atoms with van der Waals surface area (Å²) in [5, 5.41) is 0. The molecule has 0 bridgehead atoms. The van der Waals surface area contributed by atoms with Gasteiger partial charge in [-0.3, -0.25) is 0 Å². The van der Waals surface area contributed by atoms with Crippen LogP contribution in [0, 0.1) is 0 Å². The molecule has 148 valence electrons. The molecule has 0 aliphatic rings. The fourth-order valence-electron chi connectivity index (χ4n) is 1.85. The van der Waals surface area contributed by atoms with Crippen LogP contribution in [0.3, 0.4) is 0 Å². The third-order valence-electron chi connectivity index (χ3n) is 3.46. The first-order chi connectivity index (χ1) is 12.9. The summed E-state index contributed by atoms with van der Waals surface area (Å²) in [7, 11) is 8.31. The Labute approximate surface area is 188 Å². The van der Waals surface area contributed by atoms with Gasteiger partial charge in [-0.15, -0.1) is 0 Å². The maximum absolute atomic E-state index is 4.55. The zero-order chi connectivity index (χ0) is 20.7. The van der Waals surface area contributed by atoms with Crippen LogP contribution in [0.4, 0.5) is 11.4 Å². The second-order valence-corrected chi connectivity index (χ2v) is 11.2. The predicted molar refractivity (Wildman–Crippen MR) is 132 cm³/mol. The molecule has 0 aromatic heterocycles. The van der Waals surface area contributed by atoms with Crippen molar-refractivity contribution in [2.75, 3.05) is 49.5 Å². The van der Waals surface area contributed by atoms with Crippen molar-refractivity contribution in [3.05, 3.63) is 48.5 Å². The summed E-state index contributed by atoms with van der Waals surface area (Å²) in [5.74, 6) is 1.81. The van der Waals surface area contributed by atoms with E-state index in [4.69, 9.17) is 0 Å². The van der Waals surface area contributed by atoms with Gasteiger partial charge < -0.3 is 25.3 Å². The van der Waals surface area contributed by atoms with Gasteiger partial charge in [0.1, 0.15) is 0 Å². The van der Waals surface area contributed by atoms with Gasteiger partial charge in [0.05, 0.1) is 0 Å². The Hall–Kier alpha value is -0.461. The molecule has 0 fully saturated rings. The van der Waals surface area contributed by atoms with E-state index < -0.39 is 21.1 Å². The first-order valence-corrected chi connectivity index (χ1v) is 13.4. The minimum atomic E-state index is -0.652. The summed E-state index contributed by atoms with van der Waals surface area (Å²) >= 11 is 8.45. The van der Waals surface area contributed by atoms with Crippen molar-refractivity contribution in [2.24, 2.45) is 0 Å². The summed E-state index contributed by atoms with van der Waals surface area (Å²) in [6.45, 7) is 4.15. The molecule has 0 unspecified atom stereocenters. The van der Waals surface area contributed by atoms with Gasteiger partial charge in [0.2, 0.25) is 0 Å². The van der Waals surface area contributed by atoms with Gasteiger partial charge in [0.15, 0.2) is 0 Å². The molecule has 0 saturated heterocycles. The summed E-state index contributed by atoms with van der Waals surface area (Å²) < 4.78 is 3.04. The van der Waals surface area contributed by atoms with Crippen LogP contribution in [0.15, 0.2) is 48.5 Å². The van der Waals surface area contributed by atoms with E-state index in [0.717, 1.165) is 24.3 Å². The first-order valence-electron chi connectivity index (χ1n) is 9.37. The van der Waals surface area contributed by atoms with Gasteiger partial charge in [0, 0.05) is 0 Å². The zero-order valence-electron chi connectivity index (χ0n) is 17.7. The summed E-state index contributed by atoms with van der Waals surface area (Å²) in [4.78, 5) is 4.28. The molecule has 0 heterocycles. The second kappa shape index (κ2) is 16.5. The molecule has 0 atom stereocenters. The van der Waals surface area contributed by atoms with Crippen molar-refractivity contribution in [3.8, 4) is 0 Å². The molecular weight excluding hydrogens is 475 g/mol. The number of nitrogens with zero attached hydrogens (tertiary/aromatic N) is 2. The van der Waals surface area contributed by atoms with Crippen molar-refractivity contribution in [1.29, 1.82) is 0 Å². The minimum absolute atomic E-state index is 0.652. The molecule has 2 rings (SSSR count). The molecule has 2 aromatic rings. The van der Waals surface area contributed by atoms with Crippen LogP contribution in [0.5, 0.6) is 0 Å². The number of rotatable bonds is 6. The number of hydrogen-bond donors (Lipinski definition) is 0. The van der Waals surface area contributed by atoms with Crippen LogP contribution in [-0.2, 0) is 25.3 Å². The number of hydrogen-bond acceptors (Lipinski definition) is 4. The van der Waals surface area contributed by atoms with E-state index in [2.05, 4.69) is 126 Å². The fraction of sp³-hybridized carbons (Fsp3) is 0.455. The molecular formula is C22H34N2S2Sn. The average molecular weight is 509 g/mol. The van der Waals surface area contributed by atoms with E-state index in [9.17, 15) is 0 Å². The van der Waals surface area contributed by atoms with E-state index in [0.29, 0.717) is 0 Å². The monoisotopic (exact) mass is 510 g/mol. The number of benzene rings is 2. The van der Waals surface area contributed by atoms with Crippen molar-refractivity contribution >= 4 is 64.9 Å². The van der Waals surface area contributed by atoms with Gasteiger partial charge in [-0.25, -0.2) is 0 Å².